The average Bonchev–Trinajstić information content (AvgIpc) is 2.36. The second-order valence-corrected chi connectivity index (χ2v) is 5.44. The molecule has 0 saturated heterocycles. The molecule has 1 fully saturated rings. The van der Waals surface area contributed by atoms with Crippen molar-refractivity contribution in [2.75, 3.05) is 25.5 Å². The zero-order valence-corrected chi connectivity index (χ0v) is 11.6. The van der Waals surface area contributed by atoms with Gasteiger partial charge in [0.05, 0.1) is 6.10 Å². The first-order chi connectivity index (χ1) is 8.61. The number of hydrogen-bond acceptors (Lipinski definition) is 3. The average molecular weight is 248 g/mol. The molecule has 2 N–H and O–H groups in total. The van der Waals surface area contributed by atoms with Crippen LogP contribution in [0, 0.1) is 5.92 Å². The molecule has 100 valence electrons. The number of aliphatic hydroxyl groups excluding tert-OH is 1. The second kappa shape index (κ2) is 5.72. The highest BCUT2D eigenvalue weighted by molar-refractivity contribution is 5.54. The lowest BCUT2D eigenvalue weighted by Crippen LogP contribution is -2.37. The fraction of sp³-hybridized carbons (Fsp3) is 0.600. The van der Waals surface area contributed by atoms with Crippen LogP contribution in [0.4, 0.5) is 5.69 Å². The van der Waals surface area contributed by atoms with E-state index in [1.54, 1.807) is 0 Å². The molecule has 1 aromatic carbocycles. The Morgan fingerprint density at radius 1 is 1.39 bits per heavy atom. The first kappa shape index (κ1) is 13.4. The molecular formula is C15H24N2O. The van der Waals surface area contributed by atoms with Crippen LogP contribution in [0.1, 0.15) is 31.4 Å². The molecular weight excluding hydrogens is 224 g/mol. The molecule has 3 heteroatoms. The van der Waals surface area contributed by atoms with E-state index in [9.17, 15) is 5.11 Å². The number of anilines is 1. The van der Waals surface area contributed by atoms with Crippen LogP contribution >= 0.6 is 0 Å². The van der Waals surface area contributed by atoms with E-state index >= 15 is 0 Å². The number of benzene rings is 1. The van der Waals surface area contributed by atoms with Crippen LogP contribution in [-0.2, 0) is 0 Å². The standard InChI is InChI=1S/C15H24N2O/c1-11(16-2)14-6-4-5-7-15(14)17(3)10-12-8-13(18)9-12/h4-7,11-13,16,18H,8-10H2,1-3H3. The molecule has 0 bridgehead atoms. The van der Waals surface area contributed by atoms with Crippen LogP contribution in [-0.4, -0.2) is 31.9 Å². The van der Waals surface area contributed by atoms with Crippen LogP contribution in [0.15, 0.2) is 24.3 Å². The van der Waals surface area contributed by atoms with E-state index in [2.05, 4.69) is 48.5 Å². The van der Waals surface area contributed by atoms with Crippen LogP contribution < -0.4 is 10.2 Å². The van der Waals surface area contributed by atoms with E-state index in [4.69, 9.17) is 0 Å². The molecule has 18 heavy (non-hydrogen) atoms. The van der Waals surface area contributed by atoms with Crippen molar-refractivity contribution < 1.29 is 5.11 Å². The van der Waals surface area contributed by atoms with E-state index in [0.717, 1.165) is 19.4 Å². The molecule has 1 atom stereocenters. The first-order valence-corrected chi connectivity index (χ1v) is 6.77. The summed E-state index contributed by atoms with van der Waals surface area (Å²) in [5, 5.41) is 12.7. The molecule has 0 radical (unpaired) electrons. The highest BCUT2D eigenvalue weighted by Gasteiger charge is 2.28. The van der Waals surface area contributed by atoms with Gasteiger partial charge in [0.2, 0.25) is 0 Å². The van der Waals surface area contributed by atoms with E-state index in [1.165, 1.54) is 11.3 Å². The summed E-state index contributed by atoms with van der Waals surface area (Å²) in [7, 11) is 4.13. The zero-order chi connectivity index (χ0) is 13.1. The number of nitrogens with one attached hydrogen (secondary N) is 1. The summed E-state index contributed by atoms with van der Waals surface area (Å²) in [6, 6.07) is 8.90. The lowest BCUT2D eigenvalue weighted by Gasteiger charge is -2.36. The summed E-state index contributed by atoms with van der Waals surface area (Å²) >= 11 is 0. The number of hydrogen-bond donors (Lipinski definition) is 2. The number of para-hydroxylation sites is 1. The lowest BCUT2D eigenvalue weighted by atomic mass is 9.82. The van der Waals surface area contributed by atoms with Gasteiger partial charge in [-0.25, -0.2) is 0 Å². The molecule has 1 saturated carbocycles. The van der Waals surface area contributed by atoms with E-state index < -0.39 is 0 Å². The maximum absolute atomic E-state index is 9.35. The molecule has 3 nitrogen and oxygen atoms in total. The highest BCUT2D eigenvalue weighted by atomic mass is 16.3. The Kier molecular flexibility index (Phi) is 4.25. The first-order valence-electron chi connectivity index (χ1n) is 6.77. The topological polar surface area (TPSA) is 35.5 Å². The minimum Gasteiger partial charge on any atom is -0.393 e. The molecule has 0 heterocycles. The fourth-order valence-corrected chi connectivity index (χ4v) is 2.69. The molecule has 0 aromatic heterocycles. The fourth-order valence-electron chi connectivity index (χ4n) is 2.69. The molecule has 0 spiro atoms. The largest absolute Gasteiger partial charge is 0.393 e. The maximum Gasteiger partial charge on any atom is 0.0546 e. The van der Waals surface area contributed by atoms with Crippen molar-refractivity contribution >= 4 is 5.69 Å². The summed E-state index contributed by atoms with van der Waals surface area (Å²) in [6.07, 6.45) is 1.84. The van der Waals surface area contributed by atoms with Crippen molar-refractivity contribution in [3.63, 3.8) is 0 Å². The third kappa shape index (κ3) is 2.85. The molecule has 0 aliphatic heterocycles. The van der Waals surface area contributed by atoms with Gasteiger partial charge in [0, 0.05) is 25.3 Å². The predicted molar refractivity (Wildman–Crippen MR) is 75.9 cm³/mol. The predicted octanol–water partition coefficient (Wildman–Crippen LogP) is 2.17. The molecule has 1 aliphatic carbocycles. The van der Waals surface area contributed by atoms with Crippen molar-refractivity contribution in [1.82, 2.24) is 5.32 Å². The Hall–Kier alpha value is -1.06. The third-order valence-corrected chi connectivity index (χ3v) is 3.99. The normalized spacial score (nSPS) is 24.4. The van der Waals surface area contributed by atoms with Crippen molar-refractivity contribution in [2.24, 2.45) is 5.92 Å². The lowest BCUT2D eigenvalue weighted by molar-refractivity contribution is 0.0464. The maximum atomic E-state index is 9.35. The van der Waals surface area contributed by atoms with Crippen molar-refractivity contribution in [3.05, 3.63) is 29.8 Å². The Labute approximate surface area is 110 Å². The number of aliphatic hydroxyl groups is 1. The molecule has 2 rings (SSSR count). The summed E-state index contributed by atoms with van der Waals surface area (Å²) in [4.78, 5) is 2.32. The van der Waals surface area contributed by atoms with Gasteiger partial charge >= 0.3 is 0 Å². The zero-order valence-electron chi connectivity index (χ0n) is 11.6. The molecule has 1 aliphatic rings. The van der Waals surface area contributed by atoms with E-state index in [1.807, 2.05) is 7.05 Å². The Balaban J connectivity index is 2.06. The summed E-state index contributed by atoms with van der Waals surface area (Å²) in [6.45, 7) is 3.21. The summed E-state index contributed by atoms with van der Waals surface area (Å²) in [5.41, 5.74) is 2.63. The second-order valence-electron chi connectivity index (χ2n) is 5.44. The van der Waals surface area contributed by atoms with Crippen LogP contribution in [0.25, 0.3) is 0 Å². The monoisotopic (exact) mass is 248 g/mol. The molecule has 1 aromatic rings. The van der Waals surface area contributed by atoms with Gasteiger partial charge in [0.1, 0.15) is 0 Å². The van der Waals surface area contributed by atoms with Crippen molar-refractivity contribution in [3.8, 4) is 0 Å². The van der Waals surface area contributed by atoms with Gasteiger partial charge in [-0.15, -0.1) is 0 Å². The van der Waals surface area contributed by atoms with Crippen LogP contribution in [0.2, 0.25) is 0 Å². The quantitative estimate of drug-likeness (QED) is 0.838. The summed E-state index contributed by atoms with van der Waals surface area (Å²) < 4.78 is 0. The van der Waals surface area contributed by atoms with Gasteiger partial charge in [-0.1, -0.05) is 18.2 Å². The third-order valence-electron chi connectivity index (χ3n) is 3.99. The number of rotatable bonds is 5. The Morgan fingerprint density at radius 3 is 2.67 bits per heavy atom. The van der Waals surface area contributed by atoms with Crippen LogP contribution in [0.5, 0.6) is 0 Å². The minimum atomic E-state index is -0.0603. The van der Waals surface area contributed by atoms with Crippen LogP contribution in [0.3, 0.4) is 0 Å². The van der Waals surface area contributed by atoms with Gasteiger partial charge in [0.25, 0.3) is 0 Å². The van der Waals surface area contributed by atoms with Gasteiger partial charge in [-0.05, 0) is 44.4 Å². The Morgan fingerprint density at radius 2 is 2.06 bits per heavy atom. The van der Waals surface area contributed by atoms with Gasteiger partial charge in [-0.2, -0.15) is 0 Å². The number of nitrogens with zero attached hydrogens (tertiary/aromatic N) is 1. The van der Waals surface area contributed by atoms with Gasteiger partial charge in [0.15, 0.2) is 0 Å². The minimum absolute atomic E-state index is 0.0603. The Bertz CT molecular complexity index is 388. The van der Waals surface area contributed by atoms with Gasteiger partial charge in [-0.3, -0.25) is 0 Å². The molecule has 1 unspecified atom stereocenters. The SMILES string of the molecule is CNC(C)c1ccccc1N(C)CC1CC(O)C1. The molecule has 0 amide bonds. The van der Waals surface area contributed by atoms with E-state index in [0.29, 0.717) is 12.0 Å². The van der Waals surface area contributed by atoms with Gasteiger partial charge < -0.3 is 15.3 Å². The van der Waals surface area contributed by atoms with Crippen molar-refractivity contribution in [1.29, 1.82) is 0 Å². The van der Waals surface area contributed by atoms with Crippen molar-refractivity contribution in [2.45, 2.75) is 31.9 Å². The highest BCUT2D eigenvalue weighted by Crippen LogP contribution is 2.31. The summed E-state index contributed by atoms with van der Waals surface area (Å²) in [5.74, 6) is 0.642. The smallest absolute Gasteiger partial charge is 0.0546 e. The van der Waals surface area contributed by atoms with E-state index in [-0.39, 0.29) is 6.10 Å².